The molecule has 2 bridgehead atoms. The summed E-state index contributed by atoms with van der Waals surface area (Å²) in [7, 11) is 0. The van der Waals surface area contributed by atoms with Crippen molar-refractivity contribution in [1.82, 2.24) is 5.32 Å². The molecule has 14 heavy (non-hydrogen) atoms. The van der Waals surface area contributed by atoms with Crippen molar-refractivity contribution in [2.45, 2.75) is 62.8 Å². The molecule has 0 aromatic heterocycles. The van der Waals surface area contributed by atoms with Gasteiger partial charge in [0.2, 0.25) is 0 Å². The van der Waals surface area contributed by atoms with Crippen molar-refractivity contribution in [2.24, 2.45) is 0 Å². The number of hydrogen-bond donors (Lipinski definition) is 1. The molecule has 2 aliphatic heterocycles. The Balaban J connectivity index is 1.56. The van der Waals surface area contributed by atoms with Gasteiger partial charge in [0.1, 0.15) is 0 Å². The Hall–Kier alpha value is -0.340. The summed E-state index contributed by atoms with van der Waals surface area (Å²) in [6.07, 6.45) is 13.3. The first kappa shape index (κ1) is 8.93. The average molecular weight is 193 g/mol. The summed E-state index contributed by atoms with van der Waals surface area (Å²) in [6, 6.07) is 1.33. The van der Waals surface area contributed by atoms with E-state index in [-0.39, 0.29) is 0 Å². The van der Waals surface area contributed by atoms with Crippen LogP contribution in [0.2, 0.25) is 0 Å². The molecule has 2 nitrogen and oxygen atoms in total. The Morgan fingerprint density at radius 2 is 1.79 bits per heavy atom. The van der Waals surface area contributed by atoms with Gasteiger partial charge in [-0.1, -0.05) is 12.2 Å². The minimum atomic E-state index is 0.523. The molecule has 2 saturated heterocycles. The number of hydrogen-bond acceptors (Lipinski definition) is 2. The van der Waals surface area contributed by atoms with Crippen molar-refractivity contribution < 1.29 is 4.74 Å². The fourth-order valence-electron chi connectivity index (χ4n) is 3.04. The second kappa shape index (κ2) is 3.67. The van der Waals surface area contributed by atoms with Crippen LogP contribution in [0.25, 0.3) is 0 Å². The summed E-state index contributed by atoms with van der Waals surface area (Å²) >= 11 is 0. The topological polar surface area (TPSA) is 21.3 Å². The van der Waals surface area contributed by atoms with E-state index in [0.717, 1.165) is 0 Å². The summed E-state index contributed by atoms with van der Waals surface area (Å²) in [4.78, 5) is 0. The first-order chi connectivity index (χ1) is 6.92. The summed E-state index contributed by atoms with van der Waals surface area (Å²) < 4.78 is 5.94. The lowest BCUT2D eigenvalue weighted by Gasteiger charge is -2.32. The molecule has 0 aromatic rings. The van der Waals surface area contributed by atoms with Gasteiger partial charge in [-0.3, -0.25) is 0 Å². The summed E-state index contributed by atoms with van der Waals surface area (Å²) in [6.45, 7) is 0. The molecular weight excluding hydrogens is 174 g/mol. The zero-order valence-corrected chi connectivity index (χ0v) is 8.61. The zero-order chi connectivity index (χ0) is 9.38. The lowest BCUT2D eigenvalue weighted by atomic mass is 10.0. The lowest BCUT2D eigenvalue weighted by molar-refractivity contribution is -0.0187. The predicted molar refractivity (Wildman–Crippen MR) is 56.2 cm³/mol. The number of nitrogens with one attached hydrogen (secondary N) is 1. The number of ether oxygens (including phenoxy) is 1. The molecule has 3 rings (SSSR count). The molecule has 0 spiro atoms. The van der Waals surface area contributed by atoms with E-state index in [2.05, 4.69) is 17.5 Å². The standard InChI is InChI=1S/C12H19NO/c1-2-4-9(3-1)13-11-7-5-10-6-8-12(11)14-10/h1-2,9-13H,3-8H2. The molecule has 0 radical (unpaired) electrons. The average Bonchev–Trinajstić information content (AvgIpc) is 2.80. The van der Waals surface area contributed by atoms with Crippen LogP contribution in [0.3, 0.4) is 0 Å². The van der Waals surface area contributed by atoms with E-state index in [1.165, 1.54) is 38.5 Å². The highest BCUT2D eigenvalue weighted by Gasteiger charge is 2.37. The van der Waals surface area contributed by atoms with Crippen molar-refractivity contribution in [3.8, 4) is 0 Å². The molecule has 0 saturated carbocycles. The monoisotopic (exact) mass is 193 g/mol. The molecule has 2 heteroatoms. The van der Waals surface area contributed by atoms with Crippen LogP contribution in [0.1, 0.15) is 38.5 Å². The van der Waals surface area contributed by atoms with Crippen LogP contribution >= 0.6 is 0 Å². The van der Waals surface area contributed by atoms with Gasteiger partial charge in [-0.05, 0) is 38.5 Å². The largest absolute Gasteiger partial charge is 0.373 e. The first-order valence-corrected chi connectivity index (χ1v) is 5.98. The van der Waals surface area contributed by atoms with E-state index >= 15 is 0 Å². The minimum absolute atomic E-state index is 0.523. The predicted octanol–water partition coefficient (Wildman–Crippen LogP) is 2.00. The maximum atomic E-state index is 5.94. The molecule has 0 amide bonds. The molecule has 0 aromatic carbocycles. The van der Waals surface area contributed by atoms with Gasteiger partial charge in [0.25, 0.3) is 0 Å². The van der Waals surface area contributed by atoms with Gasteiger partial charge < -0.3 is 10.1 Å². The maximum Gasteiger partial charge on any atom is 0.0732 e. The fourth-order valence-corrected chi connectivity index (χ4v) is 3.04. The molecule has 3 atom stereocenters. The number of fused-ring (bicyclic) bond motifs is 2. The summed E-state index contributed by atoms with van der Waals surface area (Å²) in [5.41, 5.74) is 0. The Labute approximate surface area is 85.7 Å². The fraction of sp³-hybridized carbons (Fsp3) is 0.833. The third-order valence-corrected chi connectivity index (χ3v) is 3.85. The summed E-state index contributed by atoms with van der Waals surface area (Å²) in [5.74, 6) is 0. The molecule has 78 valence electrons. The van der Waals surface area contributed by atoms with Crippen LogP contribution in [0.4, 0.5) is 0 Å². The quantitative estimate of drug-likeness (QED) is 0.677. The Bertz CT molecular complexity index is 230. The highest BCUT2D eigenvalue weighted by Crippen LogP contribution is 2.33. The molecule has 3 aliphatic rings. The Morgan fingerprint density at radius 1 is 1.00 bits per heavy atom. The minimum Gasteiger partial charge on any atom is -0.373 e. The lowest BCUT2D eigenvalue weighted by Crippen LogP contribution is -2.47. The Kier molecular flexibility index (Phi) is 2.34. The van der Waals surface area contributed by atoms with E-state index < -0.39 is 0 Å². The van der Waals surface area contributed by atoms with E-state index in [4.69, 9.17) is 4.74 Å². The highest BCUT2D eigenvalue weighted by molar-refractivity contribution is 5.00. The normalized spacial score (nSPS) is 42.1. The van der Waals surface area contributed by atoms with E-state index in [1.54, 1.807) is 0 Å². The van der Waals surface area contributed by atoms with Crippen molar-refractivity contribution in [3.05, 3.63) is 12.2 Å². The molecule has 2 heterocycles. The van der Waals surface area contributed by atoms with Crippen LogP contribution in [0, 0.1) is 0 Å². The molecule has 2 fully saturated rings. The zero-order valence-electron chi connectivity index (χ0n) is 8.61. The van der Waals surface area contributed by atoms with Crippen LogP contribution < -0.4 is 5.32 Å². The van der Waals surface area contributed by atoms with Crippen molar-refractivity contribution in [2.75, 3.05) is 0 Å². The van der Waals surface area contributed by atoms with Crippen LogP contribution in [-0.2, 0) is 4.74 Å². The van der Waals surface area contributed by atoms with Crippen molar-refractivity contribution >= 4 is 0 Å². The van der Waals surface area contributed by atoms with Gasteiger partial charge in [-0.25, -0.2) is 0 Å². The smallest absolute Gasteiger partial charge is 0.0732 e. The van der Waals surface area contributed by atoms with E-state index in [9.17, 15) is 0 Å². The van der Waals surface area contributed by atoms with Gasteiger partial charge in [0.05, 0.1) is 12.2 Å². The van der Waals surface area contributed by atoms with E-state index in [1.807, 2.05) is 0 Å². The van der Waals surface area contributed by atoms with Gasteiger partial charge in [-0.2, -0.15) is 0 Å². The van der Waals surface area contributed by atoms with E-state index in [0.29, 0.717) is 24.3 Å². The van der Waals surface area contributed by atoms with Gasteiger partial charge in [0.15, 0.2) is 0 Å². The number of rotatable bonds is 2. The maximum absolute atomic E-state index is 5.94. The van der Waals surface area contributed by atoms with Gasteiger partial charge in [0, 0.05) is 12.1 Å². The van der Waals surface area contributed by atoms with Crippen LogP contribution in [-0.4, -0.2) is 24.3 Å². The second-order valence-electron chi connectivity index (χ2n) is 4.86. The van der Waals surface area contributed by atoms with Crippen molar-refractivity contribution in [1.29, 1.82) is 0 Å². The van der Waals surface area contributed by atoms with Crippen molar-refractivity contribution in [3.63, 3.8) is 0 Å². The SMILES string of the molecule is C1=CCC(NC2CCC3CCC2O3)C1. The third kappa shape index (κ3) is 1.61. The van der Waals surface area contributed by atoms with Gasteiger partial charge in [-0.15, -0.1) is 0 Å². The molecule has 1 aliphatic carbocycles. The molecular formula is C12H19NO. The summed E-state index contributed by atoms with van der Waals surface area (Å²) in [5, 5.41) is 3.76. The molecule has 3 unspecified atom stereocenters. The van der Waals surface area contributed by atoms with Crippen LogP contribution in [0.15, 0.2) is 12.2 Å². The second-order valence-corrected chi connectivity index (χ2v) is 4.86. The highest BCUT2D eigenvalue weighted by atomic mass is 16.5. The van der Waals surface area contributed by atoms with Gasteiger partial charge >= 0.3 is 0 Å². The third-order valence-electron chi connectivity index (χ3n) is 3.85. The first-order valence-electron chi connectivity index (χ1n) is 5.98. The molecule has 1 N–H and O–H groups in total. The Morgan fingerprint density at radius 3 is 2.64 bits per heavy atom. The van der Waals surface area contributed by atoms with Crippen LogP contribution in [0.5, 0.6) is 0 Å².